The van der Waals surface area contributed by atoms with Crippen LogP contribution in [0.25, 0.3) is 0 Å². The molecule has 0 radical (unpaired) electrons. The fraction of sp³-hybridized carbons (Fsp3) is 0.700. The highest BCUT2D eigenvalue weighted by molar-refractivity contribution is 5.42. The Balaban J connectivity index is 2.34. The third-order valence-electron chi connectivity index (χ3n) is 4.61. The SMILES string of the molecule is CCCCOCCC(C)CCCC(C)(C)c1cc(O)ccc1O. The summed E-state index contributed by atoms with van der Waals surface area (Å²) in [5.74, 6) is 1.14. The van der Waals surface area contributed by atoms with Crippen molar-refractivity contribution in [3.8, 4) is 11.5 Å². The zero-order chi connectivity index (χ0) is 17.3. The van der Waals surface area contributed by atoms with Gasteiger partial charge in [0.1, 0.15) is 11.5 Å². The second kappa shape index (κ2) is 9.82. The predicted octanol–water partition coefficient (Wildman–Crippen LogP) is 5.39. The molecule has 3 heteroatoms. The number of hydrogen-bond donors (Lipinski definition) is 2. The lowest BCUT2D eigenvalue weighted by molar-refractivity contribution is 0.117. The van der Waals surface area contributed by atoms with Crippen molar-refractivity contribution in [2.24, 2.45) is 5.92 Å². The van der Waals surface area contributed by atoms with Crippen LogP contribution >= 0.6 is 0 Å². The highest BCUT2D eigenvalue weighted by Gasteiger charge is 2.24. The van der Waals surface area contributed by atoms with Crippen molar-refractivity contribution in [2.45, 2.75) is 71.6 Å². The van der Waals surface area contributed by atoms with E-state index in [1.807, 2.05) is 0 Å². The molecule has 0 aromatic heterocycles. The van der Waals surface area contributed by atoms with E-state index in [0.29, 0.717) is 5.92 Å². The summed E-state index contributed by atoms with van der Waals surface area (Å²) in [5.41, 5.74) is 0.688. The Hall–Kier alpha value is -1.22. The maximum atomic E-state index is 10.0. The monoisotopic (exact) mass is 322 g/mol. The minimum atomic E-state index is -0.139. The zero-order valence-electron chi connectivity index (χ0n) is 15.3. The van der Waals surface area contributed by atoms with Crippen molar-refractivity contribution in [3.63, 3.8) is 0 Å². The first-order valence-electron chi connectivity index (χ1n) is 8.97. The molecule has 0 aliphatic heterocycles. The smallest absolute Gasteiger partial charge is 0.119 e. The molecule has 0 bridgehead atoms. The van der Waals surface area contributed by atoms with E-state index in [1.54, 1.807) is 12.1 Å². The molecule has 0 fully saturated rings. The van der Waals surface area contributed by atoms with Crippen LogP contribution in [0.1, 0.15) is 71.8 Å². The molecule has 0 saturated heterocycles. The second-order valence-electron chi connectivity index (χ2n) is 7.34. The molecular weight excluding hydrogens is 288 g/mol. The van der Waals surface area contributed by atoms with Crippen LogP contribution in [0, 0.1) is 5.92 Å². The first-order chi connectivity index (χ1) is 10.9. The number of benzene rings is 1. The van der Waals surface area contributed by atoms with Crippen molar-refractivity contribution in [3.05, 3.63) is 23.8 Å². The van der Waals surface area contributed by atoms with Crippen LogP contribution in [0.3, 0.4) is 0 Å². The van der Waals surface area contributed by atoms with Gasteiger partial charge in [0.2, 0.25) is 0 Å². The molecular formula is C20H34O3. The van der Waals surface area contributed by atoms with Gasteiger partial charge in [-0.3, -0.25) is 0 Å². The lowest BCUT2D eigenvalue weighted by Gasteiger charge is -2.27. The van der Waals surface area contributed by atoms with Crippen LogP contribution in [-0.2, 0) is 10.2 Å². The number of hydrogen-bond acceptors (Lipinski definition) is 3. The topological polar surface area (TPSA) is 49.7 Å². The number of aromatic hydroxyl groups is 2. The van der Waals surface area contributed by atoms with E-state index < -0.39 is 0 Å². The van der Waals surface area contributed by atoms with E-state index in [0.717, 1.165) is 44.5 Å². The molecule has 1 aromatic rings. The van der Waals surface area contributed by atoms with E-state index in [9.17, 15) is 10.2 Å². The summed E-state index contributed by atoms with van der Waals surface area (Å²) in [6.45, 7) is 10.4. The van der Waals surface area contributed by atoms with Gasteiger partial charge in [-0.15, -0.1) is 0 Å². The maximum Gasteiger partial charge on any atom is 0.119 e. The average Bonchev–Trinajstić information content (AvgIpc) is 2.49. The van der Waals surface area contributed by atoms with Gasteiger partial charge >= 0.3 is 0 Å². The molecule has 23 heavy (non-hydrogen) atoms. The summed E-state index contributed by atoms with van der Waals surface area (Å²) in [5, 5.41) is 19.7. The molecule has 1 unspecified atom stereocenters. The third-order valence-corrected chi connectivity index (χ3v) is 4.61. The molecule has 3 nitrogen and oxygen atoms in total. The minimum absolute atomic E-state index is 0.139. The first-order valence-corrected chi connectivity index (χ1v) is 8.97. The molecule has 1 atom stereocenters. The third kappa shape index (κ3) is 7.26. The Morgan fingerprint density at radius 3 is 2.52 bits per heavy atom. The highest BCUT2D eigenvalue weighted by Crippen LogP contribution is 2.37. The molecule has 1 aromatic carbocycles. The molecule has 0 saturated carbocycles. The van der Waals surface area contributed by atoms with Crippen LogP contribution in [0.4, 0.5) is 0 Å². The standard InChI is InChI=1S/C20H34O3/c1-5-6-13-23-14-11-16(2)8-7-12-20(3,4)18-15-17(21)9-10-19(18)22/h9-10,15-16,21-22H,5-8,11-14H2,1-4H3. The summed E-state index contributed by atoms with van der Waals surface area (Å²) < 4.78 is 5.63. The summed E-state index contributed by atoms with van der Waals surface area (Å²) in [7, 11) is 0. The Bertz CT molecular complexity index is 454. The van der Waals surface area contributed by atoms with Gasteiger partial charge in [-0.1, -0.05) is 47.0 Å². The number of unbranched alkanes of at least 4 members (excludes halogenated alkanes) is 1. The summed E-state index contributed by atoms with van der Waals surface area (Å²) in [6.07, 6.45) is 6.72. The van der Waals surface area contributed by atoms with Crippen LogP contribution < -0.4 is 0 Å². The van der Waals surface area contributed by atoms with E-state index in [2.05, 4.69) is 27.7 Å². The Kier molecular flexibility index (Phi) is 8.46. The lowest BCUT2D eigenvalue weighted by atomic mass is 9.79. The summed E-state index contributed by atoms with van der Waals surface area (Å²) in [4.78, 5) is 0. The number of rotatable bonds is 11. The fourth-order valence-electron chi connectivity index (χ4n) is 2.87. The van der Waals surface area contributed by atoms with Gasteiger partial charge in [0, 0.05) is 18.8 Å². The molecule has 0 aliphatic rings. The molecule has 0 spiro atoms. The van der Waals surface area contributed by atoms with Gasteiger partial charge in [0.25, 0.3) is 0 Å². The van der Waals surface area contributed by atoms with Crippen molar-refractivity contribution in [2.75, 3.05) is 13.2 Å². The Labute approximate surface area is 141 Å². The first kappa shape index (κ1) is 19.8. The molecule has 0 amide bonds. The fourth-order valence-corrected chi connectivity index (χ4v) is 2.87. The normalized spacial score (nSPS) is 13.2. The number of phenols is 2. The van der Waals surface area contributed by atoms with Crippen molar-refractivity contribution in [1.82, 2.24) is 0 Å². The molecule has 0 heterocycles. The Morgan fingerprint density at radius 2 is 1.83 bits per heavy atom. The van der Waals surface area contributed by atoms with Crippen molar-refractivity contribution in [1.29, 1.82) is 0 Å². The number of phenolic OH excluding ortho intramolecular Hbond substituents is 2. The lowest BCUT2D eigenvalue weighted by Crippen LogP contribution is -2.17. The van der Waals surface area contributed by atoms with Gasteiger partial charge in [-0.25, -0.2) is 0 Å². The van der Waals surface area contributed by atoms with Gasteiger partial charge in [0.05, 0.1) is 0 Å². The van der Waals surface area contributed by atoms with Gasteiger partial charge in [-0.2, -0.15) is 0 Å². The summed E-state index contributed by atoms with van der Waals surface area (Å²) in [6, 6.07) is 4.78. The highest BCUT2D eigenvalue weighted by atomic mass is 16.5. The Morgan fingerprint density at radius 1 is 1.09 bits per heavy atom. The van der Waals surface area contributed by atoms with E-state index in [4.69, 9.17) is 4.74 Å². The van der Waals surface area contributed by atoms with E-state index in [-0.39, 0.29) is 16.9 Å². The number of ether oxygens (including phenoxy) is 1. The molecule has 1 rings (SSSR count). The average molecular weight is 322 g/mol. The largest absolute Gasteiger partial charge is 0.508 e. The van der Waals surface area contributed by atoms with E-state index >= 15 is 0 Å². The van der Waals surface area contributed by atoms with Crippen molar-refractivity contribution < 1.29 is 14.9 Å². The molecule has 132 valence electrons. The van der Waals surface area contributed by atoms with Gasteiger partial charge in [-0.05, 0) is 48.8 Å². The minimum Gasteiger partial charge on any atom is -0.508 e. The zero-order valence-corrected chi connectivity index (χ0v) is 15.3. The van der Waals surface area contributed by atoms with Crippen LogP contribution in [0.2, 0.25) is 0 Å². The maximum absolute atomic E-state index is 10.0. The van der Waals surface area contributed by atoms with Crippen LogP contribution in [-0.4, -0.2) is 23.4 Å². The van der Waals surface area contributed by atoms with Gasteiger partial charge in [0.15, 0.2) is 0 Å². The predicted molar refractivity (Wildman–Crippen MR) is 96.2 cm³/mol. The second-order valence-corrected chi connectivity index (χ2v) is 7.34. The molecule has 2 N–H and O–H groups in total. The van der Waals surface area contributed by atoms with Crippen LogP contribution in [0.5, 0.6) is 11.5 Å². The summed E-state index contributed by atoms with van der Waals surface area (Å²) >= 11 is 0. The van der Waals surface area contributed by atoms with Crippen LogP contribution in [0.15, 0.2) is 18.2 Å². The van der Waals surface area contributed by atoms with Gasteiger partial charge < -0.3 is 14.9 Å². The van der Waals surface area contributed by atoms with Crippen molar-refractivity contribution >= 4 is 0 Å². The van der Waals surface area contributed by atoms with E-state index in [1.165, 1.54) is 18.9 Å². The molecule has 0 aliphatic carbocycles. The quantitative estimate of drug-likeness (QED) is 0.424.